The number of carboxylic acids is 1. The molecule has 6 nitrogen and oxygen atoms in total. The number of hydrogen-bond acceptors (Lipinski definition) is 5. The Hall–Kier alpha value is -1.30. The predicted octanol–water partition coefficient (Wildman–Crippen LogP) is -0.238. The van der Waals surface area contributed by atoms with Crippen LogP contribution < -0.4 is 5.11 Å². The van der Waals surface area contributed by atoms with Crippen molar-refractivity contribution in [1.82, 2.24) is 4.90 Å². The zero-order valence-electron chi connectivity index (χ0n) is 10.4. The third kappa shape index (κ3) is 5.04. The number of rotatable bonds is 2. The second kappa shape index (κ2) is 5.35. The molecule has 0 aromatic heterocycles. The molecule has 1 aliphatic rings. The van der Waals surface area contributed by atoms with Crippen molar-refractivity contribution in [2.75, 3.05) is 19.7 Å². The molecule has 0 aromatic rings. The first-order valence-corrected chi connectivity index (χ1v) is 5.57. The maximum atomic E-state index is 11.7. The van der Waals surface area contributed by atoms with Gasteiger partial charge in [-0.25, -0.2) is 4.79 Å². The zero-order chi connectivity index (χ0) is 13.1. The first-order valence-electron chi connectivity index (χ1n) is 5.57. The second-order valence-corrected chi connectivity index (χ2v) is 5.00. The normalized spacial score (nSPS) is 21.1. The number of nitrogens with zero attached hydrogens (tertiary/aromatic N) is 1. The summed E-state index contributed by atoms with van der Waals surface area (Å²) in [5, 5.41) is 10.4. The van der Waals surface area contributed by atoms with E-state index in [1.165, 1.54) is 4.90 Å². The Balaban J connectivity index is 2.49. The number of aliphatic carboxylic acids is 1. The molecule has 6 heteroatoms. The van der Waals surface area contributed by atoms with E-state index < -0.39 is 23.8 Å². The summed E-state index contributed by atoms with van der Waals surface area (Å²) in [6.45, 7) is 6.30. The van der Waals surface area contributed by atoms with E-state index in [1.54, 1.807) is 20.8 Å². The summed E-state index contributed by atoms with van der Waals surface area (Å²) in [5.41, 5.74) is -0.556. The van der Waals surface area contributed by atoms with Gasteiger partial charge in [0.1, 0.15) is 5.60 Å². The van der Waals surface area contributed by atoms with Gasteiger partial charge in [0.2, 0.25) is 0 Å². The Bertz CT molecular complexity index is 297. The smallest absolute Gasteiger partial charge is 0.410 e. The average molecular weight is 244 g/mol. The number of ether oxygens (including phenoxy) is 2. The van der Waals surface area contributed by atoms with Crippen LogP contribution in [0.4, 0.5) is 4.79 Å². The fraction of sp³-hybridized carbons (Fsp3) is 0.818. The molecule has 1 fully saturated rings. The summed E-state index contributed by atoms with van der Waals surface area (Å²) in [6, 6.07) is 0. The molecule has 0 aliphatic carbocycles. The standard InChI is InChI=1S/C11H19NO5/c1-11(2,3)17-10(15)12-4-5-16-8(7-12)6-9(13)14/h8H,4-7H2,1-3H3,(H,13,14)/p-1/t8-/m0/s1. The predicted molar refractivity (Wildman–Crippen MR) is 57.2 cm³/mol. The third-order valence-electron chi connectivity index (χ3n) is 2.18. The summed E-state index contributed by atoms with van der Waals surface area (Å²) in [7, 11) is 0. The Morgan fingerprint density at radius 3 is 2.65 bits per heavy atom. The highest BCUT2D eigenvalue weighted by molar-refractivity contribution is 5.69. The molecule has 0 bridgehead atoms. The van der Waals surface area contributed by atoms with Crippen LogP contribution in [0, 0.1) is 0 Å². The van der Waals surface area contributed by atoms with Crippen molar-refractivity contribution in [3.63, 3.8) is 0 Å². The second-order valence-electron chi connectivity index (χ2n) is 5.00. The largest absolute Gasteiger partial charge is 0.550 e. The Labute approximate surface area is 100 Å². The van der Waals surface area contributed by atoms with Crippen molar-refractivity contribution in [2.24, 2.45) is 0 Å². The maximum Gasteiger partial charge on any atom is 0.410 e. The summed E-state index contributed by atoms with van der Waals surface area (Å²) < 4.78 is 10.4. The maximum absolute atomic E-state index is 11.7. The van der Waals surface area contributed by atoms with E-state index >= 15 is 0 Å². The molecule has 0 aromatic carbocycles. The molecule has 1 aliphatic heterocycles. The van der Waals surface area contributed by atoms with Gasteiger partial charge in [-0.2, -0.15) is 0 Å². The number of hydrogen-bond donors (Lipinski definition) is 0. The molecule has 1 atom stereocenters. The van der Waals surface area contributed by atoms with Crippen LogP contribution in [-0.4, -0.2) is 48.4 Å². The Kier molecular flexibility index (Phi) is 4.34. The van der Waals surface area contributed by atoms with Crippen molar-refractivity contribution in [2.45, 2.75) is 38.9 Å². The van der Waals surface area contributed by atoms with Gasteiger partial charge < -0.3 is 24.3 Å². The van der Waals surface area contributed by atoms with Crippen molar-refractivity contribution < 1.29 is 24.2 Å². The van der Waals surface area contributed by atoms with Gasteiger partial charge in [0.25, 0.3) is 0 Å². The van der Waals surface area contributed by atoms with Crippen LogP contribution >= 0.6 is 0 Å². The van der Waals surface area contributed by atoms with Crippen molar-refractivity contribution in [3.8, 4) is 0 Å². The number of carbonyl (C=O) groups is 2. The number of carbonyl (C=O) groups excluding carboxylic acids is 2. The monoisotopic (exact) mass is 244 g/mol. The lowest BCUT2D eigenvalue weighted by molar-refractivity contribution is -0.308. The van der Waals surface area contributed by atoms with Gasteiger partial charge >= 0.3 is 6.09 Å². The number of carboxylic acid groups (broad SMARTS) is 1. The van der Waals surface area contributed by atoms with E-state index in [0.29, 0.717) is 13.2 Å². The average Bonchev–Trinajstić information content (AvgIpc) is 2.14. The highest BCUT2D eigenvalue weighted by Crippen LogP contribution is 2.14. The molecule has 1 heterocycles. The van der Waals surface area contributed by atoms with E-state index in [-0.39, 0.29) is 13.0 Å². The molecule has 1 amide bonds. The lowest BCUT2D eigenvalue weighted by Crippen LogP contribution is -2.48. The third-order valence-corrected chi connectivity index (χ3v) is 2.18. The minimum Gasteiger partial charge on any atom is -0.550 e. The molecule has 0 N–H and O–H groups in total. The van der Waals surface area contributed by atoms with Crippen molar-refractivity contribution in [3.05, 3.63) is 0 Å². The highest BCUT2D eigenvalue weighted by atomic mass is 16.6. The van der Waals surface area contributed by atoms with E-state index in [0.717, 1.165) is 0 Å². The molecule has 0 saturated carbocycles. The summed E-state index contributed by atoms with van der Waals surface area (Å²) in [6.07, 6.45) is -1.16. The minimum absolute atomic E-state index is 0.209. The van der Waals surface area contributed by atoms with E-state index in [4.69, 9.17) is 9.47 Å². The Morgan fingerprint density at radius 1 is 1.47 bits per heavy atom. The van der Waals surface area contributed by atoms with Crippen molar-refractivity contribution >= 4 is 12.1 Å². The van der Waals surface area contributed by atoms with Crippen LogP contribution in [0.1, 0.15) is 27.2 Å². The molecule has 1 rings (SSSR count). The molecule has 0 spiro atoms. The SMILES string of the molecule is CC(C)(C)OC(=O)N1CCO[C@@H](CC(=O)[O-])C1. The molecule has 1 saturated heterocycles. The van der Waals surface area contributed by atoms with Crippen LogP contribution in [0.25, 0.3) is 0 Å². The summed E-state index contributed by atoms with van der Waals surface area (Å²) in [4.78, 5) is 23.6. The van der Waals surface area contributed by atoms with Crippen LogP contribution in [0.2, 0.25) is 0 Å². The van der Waals surface area contributed by atoms with Crippen LogP contribution in [0.3, 0.4) is 0 Å². The molecule has 98 valence electrons. The van der Waals surface area contributed by atoms with Gasteiger partial charge in [-0.1, -0.05) is 0 Å². The molecular formula is C11H18NO5-. The molecular weight excluding hydrogens is 226 g/mol. The fourth-order valence-corrected chi connectivity index (χ4v) is 1.52. The van der Waals surface area contributed by atoms with E-state index in [2.05, 4.69) is 0 Å². The van der Waals surface area contributed by atoms with Gasteiger partial charge in [0.15, 0.2) is 0 Å². The van der Waals surface area contributed by atoms with Gasteiger partial charge in [-0.05, 0) is 20.8 Å². The molecule has 0 unspecified atom stereocenters. The first-order chi connectivity index (χ1) is 7.78. The van der Waals surface area contributed by atoms with Gasteiger partial charge in [-0.3, -0.25) is 0 Å². The lowest BCUT2D eigenvalue weighted by Gasteiger charge is -2.34. The van der Waals surface area contributed by atoms with Gasteiger partial charge in [-0.15, -0.1) is 0 Å². The lowest BCUT2D eigenvalue weighted by atomic mass is 10.2. The summed E-state index contributed by atoms with van der Waals surface area (Å²) in [5.74, 6) is -1.18. The topological polar surface area (TPSA) is 78.9 Å². The van der Waals surface area contributed by atoms with E-state index in [9.17, 15) is 14.7 Å². The Morgan fingerprint density at radius 2 is 2.12 bits per heavy atom. The van der Waals surface area contributed by atoms with Crippen LogP contribution in [0.5, 0.6) is 0 Å². The fourth-order valence-electron chi connectivity index (χ4n) is 1.52. The van der Waals surface area contributed by atoms with E-state index in [1.807, 2.05) is 0 Å². The van der Waals surface area contributed by atoms with Crippen molar-refractivity contribution in [1.29, 1.82) is 0 Å². The number of morpholine rings is 1. The minimum atomic E-state index is -1.18. The zero-order valence-corrected chi connectivity index (χ0v) is 10.4. The number of amides is 1. The highest BCUT2D eigenvalue weighted by Gasteiger charge is 2.27. The molecule has 17 heavy (non-hydrogen) atoms. The van der Waals surface area contributed by atoms with Crippen LogP contribution in [0.15, 0.2) is 0 Å². The molecule has 0 radical (unpaired) electrons. The van der Waals surface area contributed by atoms with Gasteiger partial charge in [0, 0.05) is 18.9 Å². The first kappa shape index (κ1) is 13.8. The quantitative estimate of drug-likeness (QED) is 0.670. The summed E-state index contributed by atoms with van der Waals surface area (Å²) >= 11 is 0. The van der Waals surface area contributed by atoms with Gasteiger partial charge in [0.05, 0.1) is 19.3 Å². The van der Waals surface area contributed by atoms with Crippen LogP contribution in [-0.2, 0) is 14.3 Å².